The summed E-state index contributed by atoms with van der Waals surface area (Å²) < 4.78 is 31.8. The maximum Gasteiger partial charge on any atom is 0.358 e. The molecule has 0 bridgehead atoms. The zero-order valence-electron chi connectivity index (χ0n) is 17.3. The summed E-state index contributed by atoms with van der Waals surface area (Å²) in [4.78, 5) is 27.7. The third-order valence-corrected chi connectivity index (χ3v) is 4.79. The van der Waals surface area contributed by atoms with E-state index < -0.39 is 18.9 Å². The Balaban J connectivity index is 1.67. The molecule has 2 heterocycles. The molecule has 3 aromatic rings. The van der Waals surface area contributed by atoms with Gasteiger partial charge in [0.1, 0.15) is 12.9 Å². The van der Waals surface area contributed by atoms with Gasteiger partial charge in [-0.1, -0.05) is 6.07 Å². The first-order valence-corrected chi connectivity index (χ1v) is 9.89. The molecule has 13 heteroatoms. The molecule has 0 unspecified atom stereocenters. The van der Waals surface area contributed by atoms with Crippen LogP contribution in [0.1, 0.15) is 23.3 Å². The van der Waals surface area contributed by atoms with E-state index in [2.05, 4.69) is 30.9 Å². The number of nitrogens with zero attached hydrogens (tertiary/aromatic N) is 5. The molecule has 0 radical (unpaired) electrons. The molecule has 0 saturated heterocycles. The lowest BCUT2D eigenvalue weighted by Gasteiger charge is -2.15. The van der Waals surface area contributed by atoms with E-state index in [1.165, 1.54) is 19.5 Å². The minimum Gasteiger partial charge on any atom is -0.494 e. The molecule has 1 saturated carbocycles. The average Bonchev–Trinajstić information content (AvgIpc) is 3.53. The zero-order valence-corrected chi connectivity index (χ0v) is 17.3. The van der Waals surface area contributed by atoms with Gasteiger partial charge < -0.3 is 20.5 Å². The first-order valence-electron chi connectivity index (χ1n) is 9.89. The van der Waals surface area contributed by atoms with Crippen molar-refractivity contribution in [1.82, 2.24) is 25.0 Å². The van der Waals surface area contributed by atoms with E-state index in [0.717, 1.165) is 17.5 Å². The third-order valence-electron chi connectivity index (χ3n) is 4.79. The highest BCUT2D eigenvalue weighted by Crippen LogP contribution is 2.37. The monoisotopic (exact) mass is 459 g/mol. The van der Waals surface area contributed by atoms with Crippen molar-refractivity contribution in [1.29, 1.82) is 0 Å². The topological polar surface area (TPSA) is 144 Å². The Labute approximate surface area is 185 Å². The van der Waals surface area contributed by atoms with Gasteiger partial charge in [0, 0.05) is 12.0 Å². The quantitative estimate of drug-likeness (QED) is 0.440. The number of ether oxygens (including phenoxy) is 1. The van der Waals surface area contributed by atoms with E-state index in [-0.39, 0.29) is 40.6 Å². The predicted molar refractivity (Wildman–Crippen MR) is 112 cm³/mol. The second-order valence-corrected chi connectivity index (χ2v) is 7.25. The van der Waals surface area contributed by atoms with Gasteiger partial charge in [0.2, 0.25) is 5.91 Å². The molecule has 1 aromatic carbocycles. The van der Waals surface area contributed by atoms with Gasteiger partial charge in [-0.05, 0) is 25.0 Å². The smallest absolute Gasteiger partial charge is 0.358 e. The van der Waals surface area contributed by atoms with Crippen LogP contribution in [0.2, 0.25) is 0 Å². The Kier molecular flexibility index (Phi) is 6.11. The van der Waals surface area contributed by atoms with Crippen molar-refractivity contribution in [3.8, 4) is 17.1 Å². The first kappa shape index (κ1) is 22.0. The number of hydrogen-bond donors (Lipinski definition) is 3. The summed E-state index contributed by atoms with van der Waals surface area (Å²) in [5.41, 5.74) is 0.438. The molecule has 2 aromatic heterocycles. The number of anilines is 3. The number of aromatic nitrogens is 5. The van der Waals surface area contributed by atoms with Gasteiger partial charge in [0.05, 0.1) is 24.0 Å². The number of para-hydroxylation sites is 1. The second-order valence-electron chi connectivity index (χ2n) is 7.25. The second kappa shape index (κ2) is 9.14. The number of carboxylic acid groups (broad SMARTS) is 1. The highest BCUT2D eigenvalue weighted by molar-refractivity contribution is 5.96. The number of rotatable bonds is 9. The number of carboxylic acids is 1. The molecule has 1 amide bonds. The number of halogens is 2. The van der Waals surface area contributed by atoms with Crippen molar-refractivity contribution in [3.05, 3.63) is 36.3 Å². The van der Waals surface area contributed by atoms with Gasteiger partial charge in [-0.25, -0.2) is 23.2 Å². The fourth-order valence-electron chi connectivity index (χ4n) is 3.10. The van der Waals surface area contributed by atoms with Crippen molar-refractivity contribution in [2.24, 2.45) is 5.92 Å². The molecule has 1 fully saturated rings. The summed E-state index contributed by atoms with van der Waals surface area (Å²) >= 11 is 0. The SMILES string of the molecule is COc1c(Nc2cc(NC(=O)C3CC3)nnc2C(=O)O)cccc1-c1ncn(CC(F)F)n1. The van der Waals surface area contributed by atoms with E-state index in [1.54, 1.807) is 18.2 Å². The lowest BCUT2D eigenvalue weighted by Crippen LogP contribution is -2.16. The molecular weight excluding hydrogens is 440 g/mol. The standard InChI is InChI=1S/C20H19F2N7O4/c1-33-17-11(18-23-9-29(28-18)8-14(21)22)3-2-4-12(17)24-13-7-15(25-19(30)10-5-6-10)26-27-16(13)20(31)32/h2-4,7,9-10,14H,5-6,8H2,1H3,(H,31,32)(H2,24,25,26,30). The molecule has 4 rings (SSSR count). The molecule has 33 heavy (non-hydrogen) atoms. The fourth-order valence-corrected chi connectivity index (χ4v) is 3.10. The minimum absolute atomic E-state index is 0.0650. The molecule has 0 spiro atoms. The summed E-state index contributed by atoms with van der Waals surface area (Å²) in [6.07, 6.45) is 0.189. The van der Waals surface area contributed by atoms with Crippen molar-refractivity contribution < 1.29 is 28.2 Å². The Morgan fingerprint density at radius 2 is 2.06 bits per heavy atom. The maximum absolute atomic E-state index is 12.6. The number of amides is 1. The number of nitrogens with one attached hydrogen (secondary N) is 2. The van der Waals surface area contributed by atoms with Crippen LogP contribution in [0, 0.1) is 5.92 Å². The number of methoxy groups -OCH3 is 1. The highest BCUT2D eigenvalue weighted by atomic mass is 19.3. The third kappa shape index (κ3) is 5.02. The predicted octanol–water partition coefficient (Wildman–Crippen LogP) is 2.80. The number of aromatic carboxylic acids is 1. The maximum atomic E-state index is 12.6. The molecular formula is C20H19F2N7O4. The van der Waals surface area contributed by atoms with E-state index in [9.17, 15) is 23.5 Å². The Bertz CT molecular complexity index is 1200. The van der Waals surface area contributed by atoms with Crippen LogP contribution in [0.25, 0.3) is 11.4 Å². The summed E-state index contributed by atoms with van der Waals surface area (Å²) in [5.74, 6) is -1.10. The number of carbonyl (C=O) groups excluding carboxylic acids is 1. The first-order chi connectivity index (χ1) is 15.9. The van der Waals surface area contributed by atoms with E-state index in [1.807, 2.05) is 0 Å². The van der Waals surface area contributed by atoms with Crippen LogP contribution in [0.5, 0.6) is 5.75 Å². The van der Waals surface area contributed by atoms with Crippen LogP contribution in [-0.2, 0) is 11.3 Å². The molecule has 0 aliphatic heterocycles. The molecule has 11 nitrogen and oxygen atoms in total. The number of hydrogen-bond acceptors (Lipinski definition) is 8. The van der Waals surface area contributed by atoms with Gasteiger partial charge in [-0.3, -0.25) is 4.79 Å². The zero-order chi connectivity index (χ0) is 23.5. The van der Waals surface area contributed by atoms with E-state index in [0.29, 0.717) is 11.3 Å². The largest absolute Gasteiger partial charge is 0.494 e. The van der Waals surface area contributed by atoms with Crippen LogP contribution in [0.15, 0.2) is 30.6 Å². The Hall–Kier alpha value is -4.16. The summed E-state index contributed by atoms with van der Waals surface area (Å²) in [5, 5.41) is 26.6. The van der Waals surface area contributed by atoms with Gasteiger partial charge in [-0.15, -0.1) is 10.2 Å². The Morgan fingerprint density at radius 1 is 1.27 bits per heavy atom. The summed E-state index contributed by atoms with van der Waals surface area (Å²) in [7, 11) is 1.39. The lowest BCUT2D eigenvalue weighted by molar-refractivity contribution is -0.117. The number of alkyl halides is 2. The van der Waals surface area contributed by atoms with Crippen LogP contribution >= 0.6 is 0 Å². The minimum atomic E-state index is -2.59. The van der Waals surface area contributed by atoms with Crippen LogP contribution < -0.4 is 15.4 Å². The van der Waals surface area contributed by atoms with Gasteiger partial charge in [-0.2, -0.15) is 5.10 Å². The Morgan fingerprint density at radius 3 is 2.73 bits per heavy atom. The summed E-state index contributed by atoms with van der Waals surface area (Å²) in [6, 6.07) is 6.25. The molecule has 172 valence electrons. The highest BCUT2D eigenvalue weighted by Gasteiger charge is 2.30. The molecule has 3 N–H and O–H groups in total. The normalized spacial score (nSPS) is 13.1. The van der Waals surface area contributed by atoms with Crippen molar-refractivity contribution in [3.63, 3.8) is 0 Å². The van der Waals surface area contributed by atoms with Gasteiger partial charge >= 0.3 is 5.97 Å². The fraction of sp³-hybridized carbons (Fsp3) is 0.300. The molecule has 1 aliphatic rings. The van der Waals surface area contributed by atoms with Crippen molar-refractivity contribution >= 4 is 29.1 Å². The van der Waals surface area contributed by atoms with Gasteiger partial charge in [0.15, 0.2) is 23.1 Å². The van der Waals surface area contributed by atoms with E-state index in [4.69, 9.17) is 4.74 Å². The average molecular weight is 459 g/mol. The van der Waals surface area contributed by atoms with Crippen molar-refractivity contribution in [2.45, 2.75) is 25.8 Å². The lowest BCUT2D eigenvalue weighted by atomic mass is 10.1. The van der Waals surface area contributed by atoms with Crippen LogP contribution in [0.4, 0.5) is 26.0 Å². The molecule has 0 atom stereocenters. The number of carbonyl (C=O) groups is 2. The van der Waals surface area contributed by atoms with Crippen molar-refractivity contribution in [2.75, 3.05) is 17.7 Å². The van der Waals surface area contributed by atoms with E-state index >= 15 is 0 Å². The van der Waals surface area contributed by atoms with Crippen LogP contribution in [-0.4, -0.2) is 55.5 Å². The van der Waals surface area contributed by atoms with Crippen LogP contribution in [0.3, 0.4) is 0 Å². The summed E-state index contributed by atoms with van der Waals surface area (Å²) in [6.45, 7) is -0.604. The molecule has 1 aliphatic carbocycles. The number of benzene rings is 1. The van der Waals surface area contributed by atoms with Gasteiger partial charge in [0.25, 0.3) is 6.43 Å².